The van der Waals surface area contributed by atoms with Gasteiger partial charge in [0.25, 0.3) is 0 Å². The Morgan fingerprint density at radius 1 is 1.53 bits per heavy atom. The van der Waals surface area contributed by atoms with Crippen LogP contribution in [0.5, 0.6) is 0 Å². The van der Waals surface area contributed by atoms with Gasteiger partial charge in [0.05, 0.1) is 0 Å². The number of aromatic nitrogens is 3. The number of carbonyl (C=O) groups excluding carboxylic acids is 1. The van der Waals surface area contributed by atoms with Crippen LogP contribution >= 0.6 is 11.8 Å². The van der Waals surface area contributed by atoms with Crippen LogP contribution in [-0.2, 0) is 11.3 Å². The van der Waals surface area contributed by atoms with E-state index in [0.717, 1.165) is 12.8 Å². The normalized spacial score (nSPS) is 24.5. The maximum absolute atomic E-state index is 11.5. The standard InChI is InChI=1S/C11H17N3O2S/c1-3-6-14-10(16)12-13-11(14)17-9-5-4-8(15)7(9)2/h7,9H,3-6H2,1-2H3,(H,12,16). The van der Waals surface area contributed by atoms with E-state index in [0.29, 0.717) is 23.9 Å². The molecule has 1 saturated carbocycles. The van der Waals surface area contributed by atoms with E-state index in [1.807, 2.05) is 13.8 Å². The first kappa shape index (κ1) is 12.4. The van der Waals surface area contributed by atoms with Crippen LogP contribution < -0.4 is 5.69 Å². The Bertz CT molecular complexity index is 466. The van der Waals surface area contributed by atoms with Crippen molar-refractivity contribution in [1.29, 1.82) is 0 Å². The quantitative estimate of drug-likeness (QED) is 0.884. The molecule has 6 heteroatoms. The second-order valence-corrected chi connectivity index (χ2v) is 5.62. The van der Waals surface area contributed by atoms with Crippen molar-refractivity contribution in [3.8, 4) is 0 Å². The highest BCUT2D eigenvalue weighted by atomic mass is 32.2. The molecule has 2 rings (SSSR count). The Morgan fingerprint density at radius 2 is 2.29 bits per heavy atom. The summed E-state index contributed by atoms with van der Waals surface area (Å²) < 4.78 is 1.65. The molecule has 94 valence electrons. The summed E-state index contributed by atoms with van der Waals surface area (Å²) in [7, 11) is 0. The van der Waals surface area contributed by atoms with Gasteiger partial charge in [0.2, 0.25) is 0 Å². The van der Waals surface area contributed by atoms with Crippen molar-refractivity contribution in [3.63, 3.8) is 0 Å². The first-order valence-electron chi connectivity index (χ1n) is 5.98. The minimum Gasteiger partial charge on any atom is -0.299 e. The van der Waals surface area contributed by atoms with E-state index in [-0.39, 0.29) is 16.9 Å². The summed E-state index contributed by atoms with van der Waals surface area (Å²) >= 11 is 1.55. The molecule has 1 N–H and O–H groups in total. The summed E-state index contributed by atoms with van der Waals surface area (Å²) in [6, 6.07) is 0. The average Bonchev–Trinajstić information content (AvgIpc) is 2.80. The largest absolute Gasteiger partial charge is 0.343 e. The van der Waals surface area contributed by atoms with Gasteiger partial charge in [-0.1, -0.05) is 25.6 Å². The Morgan fingerprint density at radius 3 is 2.88 bits per heavy atom. The molecule has 0 bridgehead atoms. The third kappa shape index (κ3) is 2.46. The molecule has 0 spiro atoms. The van der Waals surface area contributed by atoms with Gasteiger partial charge >= 0.3 is 5.69 Å². The fourth-order valence-electron chi connectivity index (χ4n) is 2.08. The molecule has 1 aromatic heterocycles. The predicted molar refractivity (Wildman–Crippen MR) is 66.2 cm³/mol. The molecule has 0 radical (unpaired) electrons. The lowest BCUT2D eigenvalue weighted by molar-refractivity contribution is -0.120. The number of Topliss-reactive ketones (excluding diaryl/α,β-unsaturated/α-hetero) is 1. The van der Waals surface area contributed by atoms with Crippen LogP contribution in [0, 0.1) is 5.92 Å². The van der Waals surface area contributed by atoms with Crippen LogP contribution in [0.4, 0.5) is 0 Å². The van der Waals surface area contributed by atoms with Gasteiger partial charge in [-0.2, -0.15) is 0 Å². The van der Waals surface area contributed by atoms with E-state index in [9.17, 15) is 9.59 Å². The number of ketones is 1. The molecule has 0 aromatic carbocycles. The molecule has 1 aromatic rings. The number of H-pyrrole nitrogens is 1. The van der Waals surface area contributed by atoms with Gasteiger partial charge < -0.3 is 0 Å². The number of hydrogen-bond donors (Lipinski definition) is 1. The van der Waals surface area contributed by atoms with E-state index in [2.05, 4.69) is 10.2 Å². The summed E-state index contributed by atoms with van der Waals surface area (Å²) in [6.07, 6.45) is 2.44. The first-order chi connectivity index (χ1) is 8.13. The van der Waals surface area contributed by atoms with Gasteiger partial charge in [0.15, 0.2) is 5.16 Å². The van der Waals surface area contributed by atoms with Crippen LogP contribution in [0.3, 0.4) is 0 Å². The highest BCUT2D eigenvalue weighted by molar-refractivity contribution is 7.99. The monoisotopic (exact) mass is 255 g/mol. The van der Waals surface area contributed by atoms with Crippen LogP contribution in [0.2, 0.25) is 0 Å². The zero-order chi connectivity index (χ0) is 12.4. The molecule has 1 aliphatic carbocycles. The molecule has 5 nitrogen and oxygen atoms in total. The second-order valence-electron chi connectivity index (χ2n) is 4.41. The minimum atomic E-state index is -0.161. The number of nitrogens with one attached hydrogen (secondary N) is 1. The van der Waals surface area contributed by atoms with E-state index < -0.39 is 0 Å². The number of nitrogens with zero attached hydrogens (tertiary/aromatic N) is 2. The molecule has 0 saturated heterocycles. The fourth-order valence-corrected chi connectivity index (χ4v) is 3.34. The Balaban J connectivity index is 2.13. The van der Waals surface area contributed by atoms with Crippen LogP contribution in [0.1, 0.15) is 33.1 Å². The lowest BCUT2D eigenvalue weighted by atomic mass is 10.1. The highest BCUT2D eigenvalue weighted by Gasteiger charge is 2.32. The lowest BCUT2D eigenvalue weighted by Gasteiger charge is -2.12. The molecule has 0 aliphatic heterocycles. The number of thioether (sulfide) groups is 1. The third-order valence-corrected chi connectivity index (χ3v) is 4.64. The zero-order valence-electron chi connectivity index (χ0n) is 10.1. The average molecular weight is 255 g/mol. The fraction of sp³-hybridized carbons (Fsp3) is 0.727. The van der Waals surface area contributed by atoms with Gasteiger partial charge in [0.1, 0.15) is 5.78 Å². The summed E-state index contributed by atoms with van der Waals surface area (Å²) in [5.41, 5.74) is -0.161. The van der Waals surface area contributed by atoms with Crippen LogP contribution in [-0.4, -0.2) is 25.8 Å². The maximum atomic E-state index is 11.5. The number of hydrogen-bond acceptors (Lipinski definition) is 4. The number of carbonyl (C=O) groups is 1. The molecule has 17 heavy (non-hydrogen) atoms. The van der Waals surface area contributed by atoms with E-state index in [4.69, 9.17) is 0 Å². The smallest absolute Gasteiger partial charge is 0.299 e. The second kappa shape index (κ2) is 5.08. The van der Waals surface area contributed by atoms with E-state index in [1.54, 1.807) is 16.3 Å². The molecule has 0 amide bonds. The van der Waals surface area contributed by atoms with Gasteiger partial charge in [-0.15, -0.1) is 5.10 Å². The number of rotatable bonds is 4. The van der Waals surface area contributed by atoms with Crippen molar-refractivity contribution in [1.82, 2.24) is 14.8 Å². The van der Waals surface area contributed by atoms with Gasteiger partial charge in [-0.3, -0.25) is 9.36 Å². The van der Waals surface area contributed by atoms with Crippen LogP contribution in [0.25, 0.3) is 0 Å². The predicted octanol–water partition coefficient (Wildman–Crippen LogP) is 1.44. The molecule has 2 unspecified atom stereocenters. The van der Waals surface area contributed by atoms with E-state index in [1.165, 1.54) is 0 Å². The number of aromatic amines is 1. The Labute approximate surface area is 104 Å². The summed E-state index contributed by atoms with van der Waals surface area (Å²) in [5, 5.41) is 7.48. The van der Waals surface area contributed by atoms with Crippen molar-refractivity contribution in [3.05, 3.63) is 10.5 Å². The summed E-state index contributed by atoms with van der Waals surface area (Å²) in [5.74, 6) is 0.393. The lowest BCUT2D eigenvalue weighted by Crippen LogP contribution is -2.19. The molecule has 1 heterocycles. The van der Waals surface area contributed by atoms with Gasteiger partial charge in [-0.05, 0) is 12.8 Å². The van der Waals surface area contributed by atoms with Crippen molar-refractivity contribution in [2.24, 2.45) is 5.92 Å². The topological polar surface area (TPSA) is 67.8 Å². The molecular weight excluding hydrogens is 238 g/mol. The van der Waals surface area contributed by atoms with E-state index >= 15 is 0 Å². The molecule has 1 aliphatic rings. The Kier molecular flexibility index (Phi) is 3.71. The summed E-state index contributed by atoms with van der Waals surface area (Å²) in [6.45, 7) is 4.66. The highest BCUT2D eigenvalue weighted by Crippen LogP contribution is 2.35. The molecule has 1 fully saturated rings. The Hall–Kier alpha value is -1.04. The van der Waals surface area contributed by atoms with Crippen molar-refractivity contribution in [2.45, 2.75) is 50.1 Å². The zero-order valence-corrected chi connectivity index (χ0v) is 10.9. The van der Waals surface area contributed by atoms with Crippen molar-refractivity contribution < 1.29 is 4.79 Å². The van der Waals surface area contributed by atoms with Gasteiger partial charge in [-0.25, -0.2) is 9.89 Å². The molecule has 2 atom stereocenters. The first-order valence-corrected chi connectivity index (χ1v) is 6.86. The maximum Gasteiger partial charge on any atom is 0.343 e. The molecular formula is C11H17N3O2S. The van der Waals surface area contributed by atoms with Crippen molar-refractivity contribution >= 4 is 17.5 Å². The SMILES string of the molecule is CCCn1c(SC2CCC(=O)C2C)n[nH]c1=O. The van der Waals surface area contributed by atoms with Crippen LogP contribution in [0.15, 0.2) is 9.95 Å². The third-order valence-electron chi connectivity index (χ3n) is 3.17. The van der Waals surface area contributed by atoms with Gasteiger partial charge in [0, 0.05) is 24.1 Å². The summed E-state index contributed by atoms with van der Waals surface area (Å²) in [4.78, 5) is 23.0. The minimum absolute atomic E-state index is 0.0712. The van der Waals surface area contributed by atoms with Crippen molar-refractivity contribution in [2.75, 3.05) is 0 Å².